The van der Waals surface area contributed by atoms with Crippen LogP contribution in [0.2, 0.25) is 0 Å². The van der Waals surface area contributed by atoms with Crippen LogP contribution in [0.4, 0.5) is 5.69 Å². The van der Waals surface area contributed by atoms with Crippen LogP contribution < -0.4 is 14.8 Å². The summed E-state index contributed by atoms with van der Waals surface area (Å²) >= 11 is 0. The van der Waals surface area contributed by atoms with E-state index in [4.69, 9.17) is 14.6 Å². The first-order valence-corrected chi connectivity index (χ1v) is 9.28. The number of nitrogens with one attached hydrogen (secondary N) is 1. The van der Waals surface area contributed by atoms with E-state index in [2.05, 4.69) is 5.32 Å². The fraction of sp³-hybridized carbons (Fsp3) is 0.450. The lowest BCUT2D eigenvalue weighted by Gasteiger charge is -2.29. The molecule has 2 N–H and O–H groups in total. The topological polar surface area (TPSA) is 112 Å². The molecule has 0 spiro atoms. The fourth-order valence-electron chi connectivity index (χ4n) is 2.94. The quantitative estimate of drug-likeness (QED) is 0.521. The summed E-state index contributed by atoms with van der Waals surface area (Å²) in [6.07, 6.45) is 2.14. The number of amides is 1. The molecule has 0 radical (unpaired) electrons. The molecule has 1 aromatic carbocycles. The van der Waals surface area contributed by atoms with Gasteiger partial charge in [0.25, 0.3) is 5.91 Å². The predicted octanol–water partition coefficient (Wildman–Crippen LogP) is 2.63. The smallest absolute Gasteiger partial charge is 0.306 e. The van der Waals surface area contributed by atoms with Crippen molar-refractivity contribution < 1.29 is 24.2 Å². The molecule has 0 bridgehead atoms. The number of anilines is 1. The first kappa shape index (κ1) is 21.1. The van der Waals surface area contributed by atoms with Gasteiger partial charge in [0.15, 0.2) is 11.5 Å². The van der Waals surface area contributed by atoms with E-state index in [-0.39, 0.29) is 5.57 Å². The first-order valence-electron chi connectivity index (χ1n) is 9.28. The molecule has 1 fully saturated rings. The number of likely N-dealkylation sites (tertiary alicyclic amines) is 1. The Hall–Kier alpha value is -3.21. The van der Waals surface area contributed by atoms with Gasteiger partial charge in [0.2, 0.25) is 0 Å². The van der Waals surface area contributed by atoms with Gasteiger partial charge in [-0.3, -0.25) is 9.59 Å². The molecular weight excluding hydrogens is 362 g/mol. The Balaban J connectivity index is 2.06. The third-order valence-corrected chi connectivity index (χ3v) is 4.41. The van der Waals surface area contributed by atoms with E-state index in [1.165, 1.54) is 11.1 Å². The number of aliphatic carboxylic acids is 1. The maximum atomic E-state index is 12.5. The molecule has 0 saturated carbocycles. The fourth-order valence-corrected chi connectivity index (χ4v) is 2.94. The SMILES string of the molecule is CCOc1ccc(N/C=C(/C#N)C(=O)N2CCC(C(=O)O)CC2)cc1OCC. The Morgan fingerprint density at radius 1 is 1.25 bits per heavy atom. The van der Waals surface area contributed by atoms with E-state index in [9.17, 15) is 14.9 Å². The van der Waals surface area contributed by atoms with Crippen LogP contribution in [0.25, 0.3) is 0 Å². The number of carboxylic acids is 1. The minimum Gasteiger partial charge on any atom is -0.490 e. The highest BCUT2D eigenvalue weighted by molar-refractivity contribution is 5.97. The summed E-state index contributed by atoms with van der Waals surface area (Å²) in [6, 6.07) is 7.17. The number of rotatable bonds is 8. The Bertz CT molecular complexity index is 777. The van der Waals surface area contributed by atoms with Crippen molar-refractivity contribution in [1.29, 1.82) is 5.26 Å². The van der Waals surface area contributed by atoms with Crippen molar-refractivity contribution in [2.75, 3.05) is 31.6 Å². The summed E-state index contributed by atoms with van der Waals surface area (Å²) < 4.78 is 11.1. The number of ether oxygens (including phenoxy) is 2. The van der Waals surface area contributed by atoms with Crippen LogP contribution in [0.5, 0.6) is 11.5 Å². The van der Waals surface area contributed by atoms with Crippen molar-refractivity contribution in [2.45, 2.75) is 26.7 Å². The van der Waals surface area contributed by atoms with E-state index >= 15 is 0 Å². The largest absolute Gasteiger partial charge is 0.490 e. The van der Waals surface area contributed by atoms with Crippen LogP contribution >= 0.6 is 0 Å². The molecule has 0 atom stereocenters. The second kappa shape index (κ2) is 10.2. The molecule has 1 amide bonds. The van der Waals surface area contributed by atoms with E-state index in [0.29, 0.717) is 56.3 Å². The lowest BCUT2D eigenvalue weighted by atomic mass is 9.97. The summed E-state index contributed by atoms with van der Waals surface area (Å²) in [7, 11) is 0. The summed E-state index contributed by atoms with van der Waals surface area (Å²) in [5.74, 6) is -0.488. The number of carboxylic acid groups (broad SMARTS) is 1. The van der Waals surface area contributed by atoms with Crippen LogP contribution in [-0.2, 0) is 9.59 Å². The van der Waals surface area contributed by atoms with Gasteiger partial charge in [-0.25, -0.2) is 0 Å². The molecule has 0 aromatic heterocycles. The molecule has 1 saturated heterocycles. The van der Waals surface area contributed by atoms with E-state index in [1.807, 2.05) is 19.9 Å². The van der Waals surface area contributed by atoms with Gasteiger partial charge in [0, 0.05) is 31.0 Å². The zero-order valence-electron chi connectivity index (χ0n) is 16.1. The van der Waals surface area contributed by atoms with Gasteiger partial charge in [-0.05, 0) is 38.8 Å². The second-order valence-corrected chi connectivity index (χ2v) is 6.25. The molecule has 0 aliphatic carbocycles. The highest BCUT2D eigenvalue weighted by atomic mass is 16.5. The van der Waals surface area contributed by atoms with Gasteiger partial charge in [-0.15, -0.1) is 0 Å². The molecule has 1 aliphatic heterocycles. The summed E-state index contributed by atoms with van der Waals surface area (Å²) in [5, 5.41) is 21.3. The zero-order chi connectivity index (χ0) is 20.5. The van der Waals surface area contributed by atoms with Gasteiger partial charge in [-0.2, -0.15) is 5.26 Å². The standard InChI is InChI=1S/C20H25N3O5/c1-3-27-17-6-5-16(11-18(17)28-4-2)22-13-15(12-21)19(24)23-9-7-14(8-10-23)20(25)26/h5-6,11,13-14,22H,3-4,7-10H2,1-2H3,(H,25,26)/b15-13-. The van der Waals surface area contributed by atoms with Crippen LogP contribution in [0.1, 0.15) is 26.7 Å². The number of hydrogen-bond donors (Lipinski definition) is 2. The Morgan fingerprint density at radius 3 is 2.46 bits per heavy atom. The number of carbonyl (C=O) groups is 2. The number of benzene rings is 1. The van der Waals surface area contributed by atoms with Gasteiger partial charge >= 0.3 is 5.97 Å². The Labute approximate surface area is 164 Å². The molecule has 2 rings (SSSR count). The van der Waals surface area contributed by atoms with Crippen molar-refractivity contribution in [3.63, 3.8) is 0 Å². The normalized spacial score (nSPS) is 14.9. The summed E-state index contributed by atoms with van der Waals surface area (Å²) in [4.78, 5) is 25.1. The van der Waals surface area contributed by atoms with Crippen molar-refractivity contribution >= 4 is 17.6 Å². The highest BCUT2D eigenvalue weighted by Gasteiger charge is 2.28. The van der Waals surface area contributed by atoms with Gasteiger partial charge in [0.1, 0.15) is 11.6 Å². The maximum Gasteiger partial charge on any atom is 0.306 e. The van der Waals surface area contributed by atoms with Crippen LogP contribution in [0.15, 0.2) is 30.0 Å². The monoisotopic (exact) mass is 387 g/mol. The molecular formula is C20H25N3O5. The summed E-state index contributed by atoms with van der Waals surface area (Å²) in [5.41, 5.74) is 0.609. The van der Waals surface area contributed by atoms with Crippen molar-refractivity contribution in [3.05, 3.63) is 30.0 Å². The lowest BCUT2D eigenvalue weighted by molar-refractivity contribution is -0.145. The van der Waals surface area contributed by atoms with Crippen molar-refractivity contribution in [2.24, 2.45) is 5.92 Å². The molecule has 1 aromatic rings. The average molecular weight is 387 g/mol. The minimum absolute atomic E-state index is 0.0411. The van der Waals surface area contributed by atoms with Crippen LogP contribution in [-0.4, -0.2) is 48.2 Å². The molecule has 1 aliphatic rings. The maximum absolute atomic E-state index is 12.5. The van der Waals surface area contributed by atoms with E-state index in [1.54, 1.807) is 18.2 Å². The Morgan fingerprint density at radius 2 is 1.89 bits per heavy atom. The number of hydrogen-bond acceptors (Lipinski definition) is 6. The molecule has 1 heterocycles. The number of carbonyl (C=O) groups excluding carboxylic acids is 1. The van der Waals surface area contributed by atoms with E-state index in [0.717, 1.165) is 0 Å². The van der Waals surface area contributed by atoms with Gasteiger partial charge < -0.3 is 24.8 Å². The third-order valence-electron chi connectivity index (χ3n) is 4.41. The highest BCUT2D eigenvalue weighted by Crippen LogP contribution is 2.30. The average Bonchev–Trinajstić information content (AvgIpc) is 2.70. The van der Waals surface area contributed by atoms with Gasteiger partial charge in [0.05, 0.1) is 19.1 Å². The number of nitriles is 1. The van der Waals surface area contributed by atoms with Crippen LogP contribution in [0.3, 0.4) is 0 Å². The molecule has 8 heteroatoms. The number of piperidine rings is 1. The third kappa shape index (κ3) is 5.39. The molecule has 8 nitrogen and oxygen atoms in total. The van der Waals surface area contributed by atoms with Gasteiger partial charge in [-0.1, -0.05) is 0 Å². The molecule has 28 heavy (non-hydrogen) atoms. The van der Waals surface area contributed by atoms with Crippen LogP contribution in [0, 0.1) is 17.2 Å². The second-order valence-electron chi connectivity index (χ2n) is 6.25. The van der Waals surface area contributed by atoms with Crippen molar-refractivity contribution in [1.82, 2.24) is 4.90 Å². The number of nitrogens with zero attached hydrogens (tertiary/aromatic N) is 2. The van der Waals surface area contributed by atoms with Crippen molar-refractivity contribution in [3.8, 4) is 17.6 Å². The zero-order valence-corrected chi connectivity index (χ0v) is 16.1. The first-order chi connectivity index (χ1) is 13.5. The molecule has 0 unspecified atom stereocenters. The lowest BCUT2D eigenvalue weighted by Crippen LogP contribution is -2.40. The molecule has 150 valence electrons. The Kier molecular flexibility index (Phi) is 7.69. The van der Waals surface area contributed by atoms with E-state index < -0.39 is 17.8 Å². The predicted molar refractivity (Wildman–Crippen MR) is 103 cm³/mol. The summed E-state index contributed by atoms with van der Waals surface area (Å²) in [6.45, 7) is 5.40. The minimum atomic E-state index is -0.842.